The highest BCUT2D eigenvalue weighted by Crippen LogP contribution is 2.19. The molecule has 3 heteroatoms. The molecule has 0 spiro atoms. The van der Waals surface area contributed by atoms with Crippen molar-refractivity contribution in [2.24, 2.45) is 0 Å². The van der Waals surface area contributed by atoms with Crippen LogP contribution in [0.5, 0.6) is 11.5 Å². The van der Waals surface area contributed by atoms with Gasteiger partial charge < -0.3 is 9.47 Å². The van der Waals surface area contributed by atoms with Gasteiger partial charge >= 0.3 is 0 Å². The maximum absolute atomic E-state index is 10.6. The first-order chi connectivity index (χ1) is 10.7. The molecule has 0 aliphatic carbocycles. The number of carbonyl (C=O) groups excluding carboxylic acids is 1. The van der Waals surface area contributed by atoms with E-state index in [-0.39, 0.29) is 6.10 Å². The summed E-state index contributed by atoms with van der Waals surface area (Å²) >= 11 is 0. The van der Waals surface area contributed by atoms with Gasteiger partial charge in [0, 0.05) is 5.56 Å². The second-order valence-corrected chi connectivity index (χ2v) is 5.18. The van der Waals surface area contributed by atoms with Crippen LogP contribution in [0, 0.1) is 0 Å². The molecule has 116 valence electrons. The number of rotatable bonds is 8. The third kappa shape index (κ3) is 4.62. The Balaban J connectivity index is 1.96. The van der Waals surface area contributed by atoms with E-state index in [1.165, 1.54) is 0 Å². The maximum atomic E-state index is 10.6. The van der Waals surface area contributed by atoms with Gasteiger partial charge in [-0.1, -0.05) is 26.0 Å². The molecule has 0 radical (unpaired) electrons. The first-order valence-corrected chi connectivity index (χ1v) is 7.68. The number of hydrogen-bond donors (Lipinski definition) is 0. The normalized spacial score (nSPS) is 10.5. The van der Waals surface area contributed by atoms with Crippen LogP contribution in [0.4, 0.5) is 0 Å². The average molecular weight is 298 g/mol. The lowest BCUT2D eigenvalue weighted by Gasteiger charge is -2.16. The first-order valence-electron chi connectivity index (χ1n) is 7.68. The lowest BCUT2D eigenvalue weighted by atomic mass is 10.2. The van der Waals surface area contributed by atoms with Crippen molar-refractivity contribution in [2.75, 3.05) is 0 Å². The van der Waals surface area contributed by atoms with Crippen LogP contribution in [0.3, 0.4) is 0 Å². The minimum atomic E-state index is 0.257. The van der Waals surface area contributed by atoms with Gasteiger partial charge in [0.15, 0.2) is 0 Å². The van der Waals surface area contributed by atoms with E-state index in [2.05, 4.69) is 13.8 Å². The van der Waals surface area contributed by atoms with Crippen LogP contribution in [0.15, 0.2) is 48.5 Å². The van der Waals surface area contributed by atoms with Crippen molar-refractivity contribution in [3.8, 4) is 11.5 Å². The first kappa shape index (κ1) is 16.1. The highest BCUT2D eigenvalue weighted by atomic mass is 16.5. The summed E-state index contributed by atoms with van der Waals surface area (Å²) in [5.74, 6) is 1.63. The highest BCUT2D eigenvalue weighted by Gasteiger charge is 2.06. The Labute approximate surface area is 131 Å². The van der Waals surface area contributed by atoms with Crippen LogP contribution < -0.4 is 9.47 Å². The summed E-state index contributed by atoms with van der Waals surface area (Å²) in [5.41, 5.74) is 1.70. The Morgan fingerprint density at radius 3 is 2.36 bits per heavy atom. The summed E-state index contributed by atoms with van der Waals surface area (Å²) < 4.78 is 11.7. The Morgan fingerprint density at radius 1 is 1.00 bits per heavy atom. The Morgan fingerprint density at radius 2 is 1.73 bits per heavy atom. The van der Waals surface area contributed by atoms with Gasteiger partial charge in [0.25, 0.3) is 0 Å². The molecule has 3 nitrogen and oxygen atoms in total. The summed E-state index contributed by atoms with van der Waals surface area (Å²) in [4.78, 5) is 10.6. The third-order valence-corrected chi connectivity index (χ3v) is 3.53. The quantitative estimate of drug-likeness (QED) is 0.666. The second-order valence-electron chi connectivity index (χ2n) is 5.18. The lowest BCUT2D eigenvalue weighted by molar-refractivity contribution is 0.112. The van der Waals surface area contributed by atoms with Crippen LogP contribution >= 0.6 is 0 Å². The van der Waals surface area contributed by atoms with Gasteiger partial charge in [0.1, 0.15) is 24.4 Å². The summed E-state index contributed by atoms with van der Waals surface area (Å²) in [7, 11) is 0. The van der Waals surface area contributed by atoms with Crippen molar-refractivity contribution in [3.63, 3.8) is 0 Å². The molecule has 22 heavy (non-hydrogen) atoms. The molecule has 0 unspecified atom stereocenters. The molecule has 0 aromatic heterocycles. The second kappa shape index (κ2) is 8.23. The topological polar surface area (TPSA) is 35.5 Å². The van der Waals surface area contributed by atoms with Crippen molar-refractivity contribution in [2.45, 2.75) is 39.4 Å². The lowest BCUT2D eigenvalue weighted by Crippen LogP contribution is -2.13. The van der Waals surface area contributed by atoms with Gasteiger partial charge in [0.05, 0.1) is 6.10 Å². The van der Waals surface area contributed by atoms with Crippen molar-refractivity contribution in [1.82, 2.24) is 0 Å². The molecule has 0 aliphatic rings. The van der Waals surface area contributed by atoms with Crippen LogP contribution in [0.25, 0.3) is 0 Å². The minimum Gasteiger partial charge on any atom is -0.490 e. The van der Waals surface area contributed by atoms with E-state index < -0.39 is 0 Å². The minimum absolute atomic E-state index is 0.257. The molecule has 0 amide bonds. The molecule has 0 heterocycles. The SMILES string of the molecule is CCC(CC)Oc1cccc(COc2ccc(C=O)cc2)c1. The molecule has 0 fully saturated rings. The summed E-state index contributed by atoms with van der Waals surface area (Å²) in [6, 6.07) is 15.1. The van der Waals surface area contributed by atoms with E-state index in [0.29, 0.717) is 12.2 Å². The van der Waals surface area contributed by atoms with Crippen LogP contribution in [0.2, 0.25) is 0 Å². The number of benzene rings is 2. The fourth-order valence-electron chi connectivity index (χ4n) is 2.17. The third-order valence-electron chi connectivity index (χ3n) is 3.53. The molecule has 0 atom stereocenters. The van der Waals surface area contributed by atoms with Gasteiger partial charge in [-0.05, 0) is 54.8 Å². The van der Waals surface area contributed by atoms with Gasteiger partial charge in [-0.15, -0.1) is 0 Å². The zero-order valence-electron chi connectivity index (χ0n) is 13.1. The summed E-state index contributed by atoms with van der Waals surface area (Å²) in [6.07, 6.45) is 3.08. The van der Waals surface area contributed by atoms with Crippen molar-refractivity contribution >= 4 is 6.29 Å². The monoisotopic (exact) mass is 298 g/mol. The number of hydrogen-bond acceptors (Lipinski definition) is 3. The molecule has 0 bridgehead atoms. The zero-order valence-corrected chi connectivity index (χ0v) is 13.1. The number of ether oxygens (including phenoxy) is 2. The molecule has 2 aromatic carbocycles. The molecule has 0 saturated heterocycles. The van der Waals surface area contributed by atoms with Gasteiger partial charge in [-0.3, -0.25) is 4.79 Å². The van der Waals surface area contributed by atoms with E-state index in [9.17, 15) is 4.79 Å². The standard InChI is InChI=1S/C19H22O3/c1-3-17(4-2)22-19-7-5-6-16(12-19)14-21-18-10-8-15(13-20)9-11-18/h5-13,17H,3-4,14H2,1-2H3. The molecular formula is C19H22O3. The van der Waals surface area contributed by atoms with Crippen LogP contribution in [0.1, 0.15) is 42.6 Å². The van der Waals surface area contributed by atoms with Crippen molar-refractivity contribution < 1.29 is 14.3 Å². The molecule has 0 aliphatic heterocycles. The molecule has 2 rings (SSSR count). The van der Waals surface area contributed by atoms with E-state index in [1.807, 2.05) is 24.3 Å². The number of carbonyl (C=O) groups is 1. The molecule has 2 aromatic rings. The van der Waals surface area contributed by atoms with E-state index >= 15 is 0 Å². The van der Waals surface area contributed by atoms with Gasteiger partial charge in [-0.2, -0.15) is 0 Å². The molecular weight excluding hydrogens is 276 g/mol. The van der Waals surface area contributed by atoms with Crippen molar-refractivity contribution in [3.05, 3.63) is 59.7 Å². The van der Waals surface area contributed by atoms with Gasteiger partial charge in [0.2, 0.25) is 0 Å². The van der Waals surface area contributed by atoms with Crippen LogP contribution in [-0.2, 0) is 6.61 Å². The number of aldehydes is 1. The zero-order chi connectivity index (χ0) is 15.8. The molecule has 0 N–H and O–H groups in total. The fourth-order valence-corrected chi connectivity index (χ4v) is 2.17. The largest absolute Gasteiger partial charge is 0.490 e. The fraction of sp³-hybridized carbons (Fsp3) is 0.316. The Kier molecular flexibility index (Phi) is 6.01. The Bertz CT molecular complexity index is 586. The molecule has 0 saturated carbocycles. The summed E-state index contributed by atoms with van der Waals surface area (Å²) in [5, 5.41) is 0. The average Bonchev–Trinajstić information content (AvgIpc) is 2.58. The predicted octanol–water partition coefficient (Wildman–Crippen LogP) is 4.65. The summed E-state index contributed by atoms with van der Waals surface area (Å²) in [6.45, 7) is 4.73. The highest BCUT2D eigenvalue weighted by molar-refractivity contribution is 5.74. The smallest absolute Gasteiger partial charge is 0.150 e. The predicted molar refractivity (Wildman–Crippen MR) is 87.6 cm³/mol. The van der Waals surface area contributed by atoms with E-state index in [4.69, 9.17) is 9.47 Å². The Hall–Kier alpha value is -2.29. The van der Waals surface area contributed by atoms with E-state index in [0.717, 1.165) is 36.2 Å². The van der Waals surface area contributed by atoms with E-state index in [1.54, 1.807) is 24.3 Å². The maximum Gasteiger partial charge on any atom is 0.150 e. The van der Waals surface area contributed by atoms with Gasteiger partial charge in [-0.25, -0.2) is 0 Å². The van der Waals surface area contributed by atoms with Crippen LogP contribution in [-0.4, -0.2) is 12.4 Å². The van der Waals surface area contributed by atoms with Crippen molar-refractivity contribution in [1.29, 1.82) is 0 Å².